The van der Waals surface area contributed by atoms with E-state index in [4.69, 9.17) is 90.2 Å². The number of hydrogen-bond acceptors (Lipinski definition) is 22. The van der Waals surface area contributed by atoms with Crippen LogP contribution in [0.3, 0.4) is 0 Å². The Balaban J connectivity index is -0.000000250. The quantitative estimate of drug-likeness (QED) is 0.128. The van der Waals surface area contributed by atoms with E-state index in [1.54, 1.807) is 0 Å². The molecule has 0 saturated heterocycles. The van der Waals surface area contributed by atoms with Crippen LogP contribution in [0, 0.1) is 0 Å². The van der Waals surface area contributed by atoms with Crippen molar-refractivity contribution in [2.45, 2.75) is 0 Å². The monoisotopic (exact) mass is 1010 g/mol. The molecule has 0 atom stereocenters. The van der Waals surface area contributed by atoms with E-state index in [1.165, 1.54) is 19.2 Å². The van der Waals surface area contributed by atoms with Crippen LogP contribution in [0.1, 0.15) is 0 Å². The molecule has 0 saturated carbocycles. The van der Waals surface area contributed by atoms with Crippen LogP contribution in [0.15, 0.2) is 105 Å². The Morgan fingerprint density at radius 3 is 0.680 bits per heavy atom. The van der Waals surface area contributed by atoms with Crippen LogP contribution >= 0.6 is 31.3 Å². The second-order valence-corrected chi connectivity index (χ2v) is 10.8. The van der Waals surface area contributed by atoms with Crippen molar-refractivity contribution in [1.82, 2.24) is 15.0 Å². The summed E-state index contributed by atoms with van der Waals surface area (Å²) in [6.45, 7) is 0. The summed E-state index contributed by atoms with van der Waals surface area (Å²) >= 11 is 0. The molecule has 29 heteroatoms. The summed E-state index contributed by atoms with van der Waals surface area (Å²) in [6, 6.07) is 23.0. The van der Waals surface area contributed by atoms with E-state index in [0.29, 0.717) is 0 Å². The van der Waals surface area contributed by atoms with E-state index < -0.39 is 31.3 Å². The molecule has 0 aliphatic carbocycles. The van der Waals surface area contributed by atoms with Gasteiger partial charge in [-0.1, -0.05) is 36.4 Å². The molecule has 0 unspecified atom stereocenters. The summed E-state index contributed by atoms with van der Waals surface area (Å²) in [6.07, 6.45) is 4.35. The van der Waals surface area contributed by atoms with Crippen molar-refractivity contribution < 1.29 is 169 Å². The van der Waals surface area contributed by atoms with Gasteiger partial charge in [0, 0.05) is 0 Å². The average molecular weight is 1010 g/mol. The summed E-state index contributed by atoms with van der Waals surface area (Å²) < 4.78 is 49.2. The predicted octanol–water partition coefficient (Wildman–Crippen LogP) is -5.82. The zero-order valence-electron chi connectivity index (χ0n) is 24.0. The molecule has 3 aromatic carbocycles. The topological polar surface area (TPSA) is 423 Å². The number of hydrogen-bond donors (Lipinski definition) is 0. The zero-order chi connectivity index (χ0) is 36.3. The second kappa shape index (κ2) is 27.7. The molecule has 0 bridgehead atoms. The number of rotatable bonds is 0. The van der Waals surface area contributed by atoms with E-state index in [2.05, 4.69) is 15.0 Å². The first-order valence-corrected chi connectivity index (χ1v) is 17.0. The largest absolute Gasteiger partial charge is 4.00 e. The Morgan fingerprint density at radius 2 is 0.520 bits per heavy atom. The molecule has 6 aromatic rings. The molecule has 22 nitrogen and oxygen atoms in total. The molecule has 3 aromatic heterocycles. The van der Waals surface area contributed by atoms with Gasteiger partial charge in [0.1, 0.15) is 16.6 Å². The standard InChI is InChI=1S/3C7H5NO.4H3O4P.3Zr/c3*1-2-4-7-6(3-1)8-5-9-7;4*1-5(2,3)4;;;/h3*1-5H;4*(H3,1,2,3,4);;;/q;;;;;;;3*+4/p-12. The molecular weight excluding hydrogens is 996 g/mol. The van der Waals surface area contributed by atoms with Gasteiger partial charge >= 0.3 is 78.6 Å². The van der Waals surface area contributed by atoms with Crippen molar-refractivity contribution >= 4 is 64.6 Å². The van der Waals surface area contributed by atoms with Crippen LogP contribution in [0.2, 0.25) is 0 Å². The van der Waals surface area contributed by atoms with E-state index in [9.17, 15) is 0 Å². The molecular formula is C21H15N3O19P4Zr3. The maximum absolute atomic E-state index is 8.55. The fourth-order valence-electron chi connectivity index (χ4n) is 2.41. The van der Waals surface area contributed by atoms with Gasteiger partial charge in [0.15, 0.2) is 35.9 Å². The van der Waals surface area contributed by atoms with Crippen LogP contribution in [0.25, 0.3) is 33.3 Å². The van der Waals surface area contributed by atoms with Gasteiger partial charge in [-0.3, -0.25) is 0 Å². The predicted molar refractivity (Wildman–Crippen MR) is 132 cm³/mol. The zero-order valence-corrected chi connectivity index (χ0v) is 35.0. The molecule has 0 N–H and O–H groups in total. The minimum absolute atomic E-state index is 0. The first kappa shape index (κ1) is 55.9. The van der Waals surface area contributed by atoms with Gasteiger partial charge in [0.25, 0.3) is 0 Å². The van der Waals surface area contributed by atoms with Crippen molar-refractivity contribution in [3.63, 3.8) is 0 Å². The maximum atomic E-state index is 8.55. The number of oxazole rings is 3. The van der Waals surface area contributed by atoms with Crippen LogP contribution in [-0.2, 0) is 96.9 Å². The molecule has 0 fully saturated rings. The minimum Gasteiger partial charge on any atom is -0.822 e. The minimum atomic E-state index is -5.39. The molecule has 0 radical (unpaired) electrons. The molecule has 0 aliphatic rings. The normalized spacial score (nSPS) is 10.2. The average Bonchev–Trinajstić information content (AvgIpc) is 3.66. The maximum Gasteiger partial charge on any atom is 4.00 e. The second-order valence-electron chi connectivity index (χ2n) is 7.25. The fraction of sp³-hybridized carbons (Fsp3) is 0. The third-order valence-electron chi connectivity index (χ3n) is 3.71. The number of nitrogens with zero attached hydrogens (tertiary/aromatic N) is 3. The number of fused-ring (bicyclic) bond motifs is 3. The third kappa shape index (κ3) is 39.9. The smallest absolute Gasteiger partial charge is 0.822 e. The van der Waals surface area contributed by atoms with E-state index >= 15 is 0 Å². The van der Waals surface area contributed by atoms with Crippen LogP contribution in [0.5, 0.6) is 0 Å². The summed E-state index contributed by atoms with van der Waals surface area (Å²) in [5.41, 5.74) is 5.28. The molecule has 6 rings (SSSR count). The number of para-hydroxylation sites is 6. The van der Waals surface area contributed by atoms with Crippen LogP contribution in [-0.4, -0.2) is 15.0 Å². The number of phosphoric acid groups is 4. The van der Waals surface area contributed by atoms with Crippen molar-refractivity contribution in [3.8, 4) is 0 Å². The van der Waals surface area contributed by atoms with Crippen molar-refractivity contribution in [2.24, 2.45) is 0 Å². The SMILES string of the molecule is O=P([O-])([O-])[O-].O=P([O-])([O-])[O-].O=P([O-])([O-])[O-].O=P([O-])([O-])[O-].[Zr+4].[Zr+4].[Zr+4].c1ccc2ocnc2c1.c1ccc2ocnc2c1.c1ccc2ocnc2c1. The van der Waals surface area contributed by atoms with Crippen molar-refractivity contribution in [1.29, 1.82) is 0 Å². The molecule has 50 heavy (non-hydrogen) atoms. The van der Waals surface area contributed by atoms with E-state index in [0.717, 1.165) is 33.3 Å². The summed E-state index contributed by atoms with van der Waals surface area (Å²) in [5.74, 6) is 0. The first-order chi connectivity index (χ1) is 21.4. The Labute approximate surface area is 337 Å². The number of benzene rings is 3. The molecule has 0 spiro atoms. The van der Waals surface area contributed by atoms with Gasteiger partial charge in [-0.15, -0.1) is 0 Å². The van der Waals surface area contributed by atoms with Crippen molar-refractivity contribution in [3.05, 3.63) is 92.0 Å². The van der Waals surface area contributed by atoms with Crippen LogP contribution < -0.4 is 58.7 Å². The summed E-state index contributed by atoms with van der Waals surface area (Å²) in [5, 5.41) is 0. The molecule has 0 amide bonds. The molecule has 260 valence electrons. The van der Waals surface area contributed by atoms with Gasteiger partial charge in [-0.25, -0.2) is 15.0 Å². The van der Waals surface area contributed by atoms with Gasteiger partial charge in [-0.05, 0) is 36.4 Å². The Kier molecular flexibility index (Phi) is 31.0. The fourth-order valence-corrected chi connectivity index (χ4v) is 2.41. The van der Waals surface area contributed by atoms with Gasteiger partial charge in [-0.2, -0.15) is 31.3 Å². The molecule has 0 aliphatic heterocycles. The summed E-state index contributed by atoms with van der Waals surface area (Å²) in [4.78, 5) is 114. The Bertz CT molecular complexity index is 1580. The third-order valence-corrected chi connectivity index (χ3v) is 3.71. The van der Waals surface area contributed by atoms with Gasteiger partial charge in [0.05, 0.1) is 0 Å². The summed E-state index contributed by atoms with van der Waals surface area (Å²) in [7, 11) is -21.6. The molecule has 3 heterocycles. The first-order valence-electron chi connectivity index (χ1n) is 11.2. The van der Waals surface area contributed by atoms with Gasteiger partial charge in [0.2, 0.25) is 0 Å². The van der Waals surface area contributed by atoms with Crippen molar-refractivity contribution in [2.75, 3.05) is 0 Å². The van der Waals surface area contributed by atoms with E-state index in [-0.39, 0.29) is 78.6 Å². The Hall–Kier alpha value is -0.841. The van der Waals surface area contributed by atoms with Gasteiger partial charge < -0.3 is 90.2 Å². The van der Waals surface area contributed by atoms with Crippen LogP contribution in [0.4, 0.5) is 0 Å². The number of aromatic nitrogens is 3. The Morgan fingerprint density at radius 1 is 0.360 bits per heavy atom. The van der Waals surface area contributed by atoms with E-state index in [1.807, 2.05) is 72.8 Å².